The second-order valence-electron chi connectivity index (χ2n) is 7.02. The maximum atomic E-state index is 12.9. The summed E-state index contributed by atoms with van der Waals surface area (Å²) in [7, 11) is 0. The largest absolute Gasteiger partial charge is 0.458 e. The molecular weight excluding hydrogens is 432 g/mol. The number of carbonyl (C=O) groups is 1. The summed E-state index contributed by atoms with van der Waals surface area (Å²) in [4.78, 5) is 18.4. The Bertz CT molecular complexity index is 1280. The molecular formula is C27H20N2O3S. The van der Waals surface area contributed by atoms with Crippen LogP contribution in [0.1, 0.15) is 17.2 Å². The molecule has 0 spiro atoms. The highest BCUT2D eigenvalue weighted by Crippen LogP contribution is 2.37. The Kier molecular flexibility index (Phi) is 6.93. The van der Waals surface area contributed by atoms with Crippen molar-refractivity contribution in [1.29, 1.82) is 5.26 Å². The van der Waals surface area contributed by atoms with E-state index >= 15 is 0 Å². The predicted molar refractivity (Wildman–Crippen MR) is 129 cm³/mol. The highest BCUT2D eigenvalue weighted by atomic mass is 32.1. The standard InChI is InChI=1S/C27H20N2O3S/c1-2-15-31-27(30)25(20-12-7-4-8-13-20)32-26-22(18-28)21(24-14-9-16-33-24)17-23(29-26)19-10-5-3-6-11-19/h2-14,16-17,25H,1,15H2. The van der Waals surface area contributed by atoms with Crippen LogP contribution in [-0.4, -0.2) is 17.6 Å². The molecule has 2 aromatic heterocycles. The molecule has 0 amide bonds. The number of aromatic nitrogens is 1. The van der Waals surface area contributed by atoms with Crippen molar-refractivity contribution in [3.8, 4) is 33.6 Å². The molecule has 33 heavy (non-hydrogen) atoms. The average molecular weight is 453 g/mol. The molecule has 0 fully saturated rings. The highest BCUT2D eigenvalue weighted by molar-refractivity contribution is 7.13. The molecule has 1 unspecified atom stereocenters. The SMILES string of the molecule is C=CCOC(=O)C(Oc1nc(-c2ccccc2)cc(-c2cccs2)c1C#N)c1ccccc1. The second-order valence-corrected chi connectivity index (χ2v) is 7.97. The van der Waals surface area contributed by atoms with Crippen molar-refractivity contribution in [1.82, 2.24) is 4.98 Å². The Labute approximate surface area is 196 Å². The van der Waals surface area contributed by atoms with Gasteiger partial charge in [0.05, 0.1) is 5.69 Å². The Morgan fingerprint density at radius 2 is 1.82 bits per heavy atom. The fraction of sp³-hybridized carbons (Fsp3) is 0.0741. The van der Waals surface area contributed by atoms with Crippen LogP contribution in [0.3, 0.4) is 0 Å². The van der Waals surface area contributed by atoms with Gasteiger partial charge in [0.2, 0.25) is 12.0 Å². The van der Waals surface area contributed by atoms with Gasteiger partial charge >= 0.3 is 5.97 Å². The zero-order valence-electron chi connectivity index (χ0n) is 17.7. The summed E-state index contributed by atoms with van der Waals surface area (Å²) in [6, 6.07) is 26.6. The fourth-order valence-electron chi connectivity index (χ4n) is 3.31. The Morgan fingerprint density at radius 3 is 2.45 bits per heavy atom. The maximum Gasteiger partial charge on any atom is 0.352 e. The van der Waals surface area contributed by atoms with E-state index < -0.39 is 12.1 Å². The number of ether oxygens (including phenoxy) is 2. The van der Waals surface area contributed by atoms with Crippen LogP contribution in [-0.2, 0) is 9.53 Å². The summed E-state index contributed by atoms with van der Waals surface area (Å²) in [5.74, 6) is -0.513. The van der Waals surface area contributed by atoms with Crippen LogP contribution in [0.15, 0.2) is 96.9 Å². The Morgan fingerprint density at radius 1 is 1.09 bits per heavy atom. The van der Waals surface area contributed by atoms with E-state index in [9.17, 15) is 10.1 Å². The minimum Gasteiger partial charge on any atom is -0.458 e. The molecule has 2 heterocycles. The van der Waals surface area contributed by atoms with E-state index in [4.69, 9.17) is 9.47 Å². The van der Waals surface area contributed by atoms with Gasteiger partial charge in [0.1, 0.15) is 18.2 Å². The van der Waals surface area contributed by atoms with Crippen molar-refractivity contribution in [2.45, 2.75) is 6.10 Å². The van der Waals surface area contributed by atoms with E-state index in [-0.39, 0.29) is 18.1 Å². The van der Waals surface area contributed by atoms with Gasteiger partial charge in [0.15, 0.2) is 0 Å². The van der Waals surface area contributed by atoms with Crippen LogP contribution in [0.2, 0.25) is 0 Å². The van der Waals surface area contributed by atoms with Crippen molar-refractivity contribution >= 4 is 17.3 Å². The first-order valence-corrected chi connectivity index (χ1v) is 11.1. The van der Waals surface area contributed by atoms with E-state index in [1.165, 1.54) is 17.4 Å². The lowest BCUT2D eigenvalue weighted by atomic mass is 10.0. The highest BCUT2D eigenvalue weighted by Gasteiger charge is 2.27. The smallest absolute Gasteiger partial charge is 0.352 e. The summed E-state index contributed by atoms with van der Waals surface area (Å²) in [5, 5.41) is 12.0. The van der Waals surface area contributed by atoms with Gasteiger partial charge in [-0.05, 0) is 17.5 Å². The van der Waals surface area contributed by atoms with Crippen molar-refractivity contribution in [2.75, 3.05) is 6.61 Å². The van der Waals surface area contributed by atoms with E-state index in [0.717, 1.165) is 10.4 Å². The number of benzene rings is 2. The van der Waals surface area contributed by atoms with Gasteiger partial charge in [-0.15, -0.1) is 11.3 Å². The van der Waals surface area contributed by atoms with Crippen molar-refractivity contribution < 1.29 is 14.3 Å². The lowest BCUT2D eigenvalue weighted by Gasteiger charge is -2.19. The van der Waals surface area contributed by atoms with Crippen molar-refractivity contribution in [3.63, 3.8) is 0 Å². The molecule has 5 nitrogen and oxygen atoms in total. The van der Waals surface area contributed by atoms with E-state index in [2.05, 4.69) is 17.6 Å². The number of nitriles is 1. The van der Waals surface area contributed by atoms with Crippen LogP contribution in [0.4, 0.5) is 0 Å². The molecule has 0 N–H and O–H groups in total. The van der Waals surface area contributed by atoms with Crippen LogP contribution in [0.5, 0.6) is 5.88 Å². The average Bonchev–Trinajstić information content (AvgIpc) is 3.41. The molecule has 0 saturated heterocycles. The lowest BCUT2D eigenvalue weighted by Crippen LogP contribution is -2.22. The normalized spacial score (nSPS) is 11.2. The molecule has 4 aromatic rings. The minimum absolute atomic E-state index is 0.0502. The molecule has 0 aliphatic carbocycles. The van der Waals surface area contributed by atoms with Gasteiger partial charge in [-0.2, -0.15) is 5.26 Å². The predicted octanol–water partition coefficient (Wildman–Crippen LogP) is 6.20. The monoisotopic (exact) mass is 452 g/mol. The Balaban J connectivity index is 1.85. The number of pyridine rings is 1. The Hall–Kier alpha value is -4.21. The molecule has 162 valence electrons. The third-order valence-electron chi connectivity index (χ3n) is 4.84. The number of thiophene rings is 1. The molecule has 0 aliphatic heterocycles. The summed E-state index contributed by atoms with van der Waals surface area (Å²) < 4.78 is 11.4. The molecule has 2 aromatic carbocycles. The zero-order valence-corrected chi connectivity index (χ0v) is 18.5. The topological polar surface area (TPSA) is 72.2 Å². The van der Waals surface area contributed by atoms with Crippen LogP contribution in [0.25, 0.3) is 21.7 Å². The quantitative estimate of drug-likeness (QED) is 0.235. The number of esters is 1. The summed E-state index contributed by atoms with van der Waals surface area (Å²) >= 11 is 1.51. The summed E-state index contributed by atoms with van der Waals surface area (Å²) in [5.41, 5.74) is 3.06. The van der Waals surface area contributed by atoms with E-state index in [1.807, 2.05) is 72.1 Å². The first-order valence-electron chi connectivity index (χ1n) is 10.2. The first kappa shape index (κ1) is 22.0. The lowest BCUT2D eigenvalue weighted by molar-refractivity contribution is -0.151. The number of nitrogens with zero attached hydrogens (tertiary/aromatic N) is 2. The van der Waals surface area contributed by atoms with Gasteiger partial charge in [0.25, 0.3) is 0 Å². The van der Waals surface area contributed by atoms with Crippen LogP contribution in [0, 0.1) is 11.3 Å². The molecule has 6 heteroatoms. The molecule has 0 aliphatic rings. The number of hydrogen-bond acceptors (Lipinski definition) is 6. The van der Waals surface area contributed by atoms with Crippen LogP contribution < -0.4 is 4.74 Å². The number of rotatable bonds is 8. The third-order valence-corrected chi connectivity index (χ3v) is 5.75. The van der Waals surface area contributed by atoms with E-state index in [1.54, 1.807) is 12.1 Å². The minimum atomic E-state index is -1.09. The van der Waals surface area contributed by atoms with Crippen molar-refractivity contribution in [2.24, 2.45) is 0 Å². The number of carbonyl (C=O) groups excluding carboxylic acids is 1. The van der Waals surface area contributed by atoms with Crippen LogP contribution >= 0.6 is 11.3 Å². The third kappa shape index (κ3) is 5.00. The van der Waals surface area contributed by atoms with Gasteiger partial charge in [0, 0.05) is 21.6 Å². The molecule has 4 rings (SSSR count). The molecule has 0 radical (unpaired) electrons. The van der Waals surface area contributed by atoms with Gasteiger partial charge in [-0.25, -0.2) is 9.78 Å². The van der Waals surface area contributed by atoms with Crippen molar-refractivity contribution in [3.05, 3.63) is 108 Å². The second kappa shape index (κ2) is 10.4. The maximum absolute atomic E-state index is 12.9. The van der Waals surface area contributed by atoms with Gasteiger partial charge in [-0.3, -0.25) is 0 Å². The van der Waals surface area contributed by atoms with E-state index in [0.29, 0.717) is 16.8 Å². The molecule has 1 atom stereocenters. The molecule has 0 bridgehead atoms. The number of hydrogen-bond donors (Lipinski definition) is 0. The zero-order chi connectivity index (χ0) is 23.0. The summed E-state index contributed by atoms with van der Waals surface area (Å²) in [6.07, 6.45) is 0.400. The van der Waals surface area contributed by atoms with Gasteiger partial charge in [-0.1, -0.05) is 79.4 Å². The molecule has 0 saturated carbocycles. The van der Waals surface area contributed by atoms with Gasteiger partial charge < -0.3 is 9.47 Å². The fourth-order valence-corrected chi connectivity index (χ4v) is 4.06. The first-order chi connectivity index (χ1) is 16.2. The summed E-state index contributed by atoms with van der Waals surface area (Å²) in [6.45, 7) is 3.64.